The first-order chi connectivity index (χ1) is 10.9. The number of anilines is 1. The third-order valence-electron chi connectivity index (χ3n) is 3.67. The van der Waals surface area contributed by atoms with Crippen LogP contribution in [0, 0.1) is 0 Å². The molecule has 122 valence electrons. The minimum absolute atomic E-state index is 0.0975. The number of benzene rings is 1. The van der Waals surface area contributed by atoms with Gasteiger partial charge in [-0.15, -0.1) is 11.3 Å². The van der Waals surface area contributed by atoms with Gasteiger partial charge in [0.15, 0.2) is 5.13 Å². The van der Waals surface area contributed by atoms with E-state index in [0.29, 0.717) is 12.8 Å². The highest BCUT2D eigenvalue weighted by atomic mass is 32.2. The molecule has 1 unspecified atom stereocenters. The molecule has 0 saturated carbocycles. The number of aromatic nitrogens is 1. The number of rotatable bonds is 4. The van der Waals surface area contributed by atoms with Gasteiger partial charge in [0.25, 0.3) is 10.0 Å². The van der Waals surface area contributed by atoms with E-state index in [1.54, 1.807) is 11.4 Å². The normalized spacial score (nSPS) is 16.9. The van der Waals surface area contributed by atoms with Gasteiger partial charge in [0, 0.05) is 18.5 Å². The molecule has 0 spiro atoms. The molecule has 1 aromatic heterocycles. The molecule has 1 aliphatic rings. The molecule has 6 nitrogen and oxygen atoms in total. The van der Waals surface area contributed by atoms with Gasteiger partial charge < -0.3 is 0 Å². The molecule has 0 radical (unpaired) electrons. The molecular formula is C14H14FN3O3S2. The molecule has 0 aliphatic heterocycles. The predicted octanol–water partition coefficient (Wildman–Crippen LogP) is 2.14. The van der Waals surface area contributed by atoms with Gasteiger partial charge in [0.05, 0.1) is 10.9 Å². The Morgan fingerprint density at radius 1 is 1.39 bits per heavy atom. The maximum absolute atomic E-state index is 13.7. The van der Waals surface area contributed by atoms with Gasteiger partial charge in [-0.3, -0.25) is 9.52 Å². The van der Waals surface area contributed by atoms with Crippen molar-refractivity contribution < 1.29 is 17.7 Å². The summed E-state index contributed by atoms with van der Waals surface area (Å²) in [5.74, 6) is -0.652. The molecule has 3 rings (SSSR count). The quantitative estimate of drug-likeness (QED) is 0.852. The van der Waals surface area contributed by atoms with Crippen LogP contribution in [-0.2, 0) is 27.7 Å². The van der Waals surface area contributed by atoms with Crippen LogP contribution in [0.15, 0.2) is 34.7 Å². The Morgan fingerprint density at radius 3 is 2.78 bits per heavy atom. The van der Waals surface area contributed by atoms with E-state index >= 15 is 0 Å². The molecule has 1 aromatic carbocycles. The van der Waals surface area contributed by atoms with Crippen LogP contribution in [-0.4, -0.2) is 30.5 Å². The molecule has 0 bridgehead atoms. The molecule has 9 heteroatoms. The Hall–Kier alpha value is -2.00. The lowest BCUT2D eigenvalue weighted by molar-refractivity contribution is -0.149. The third kappa shape index (κ3) is 3.20. The average Bonchev–Trinajstić information content (AvgIpc) is 3.13. The summed E-state index contributed by atoms with van der Waals surface area (Å²) in [4.78, 5) is 15.1. The second-order valence-corrected chi connectivity index (χ2v) is 7.84. The van der Waals surface area contributed by atoms with Crippen molar-refractivity contribution in [1.82, 2.24) is 10.1 Å². The smallest absolute Gasteiger partial charge is 0.263 e. The first kappa shape index (κ1) is 15.9. The van der Waals surface area contributed by atoms with E-state index in [9.17, 15) is 17.7 Å². The van der Waals surface area contributed by atoms with Crippen LogP contribution >= 0.6 is 11.3 Å². The zero-order valence-electron chi connectivity index (χ0n) is 12.2. The van der Waals surface area contributed by atoms with E-state index in [4.69, 9.17) is 0 Å². The summed E-state index contributed by atoms with van der Waals surface area (Å²) < 4.78 is 40.8. The minimum atomic E-state index is -3.74. The Morgan fingerprint density at radius 2 is 2.13 bits per heavy atom. The van der Waals surface area contributed by atoms with Gasteiger partial charge in [0.1, 0.15) is 0 Å². The Kier molecular flexibility index (Phi) is 4.07. The maximum Gasteiger partial charge on any atom is 0.263 e. The van der Waals surface area contributed by atoms with E-state index in [2.05, 4.69) is 9.71 Å². The number of hydrogen-bond acceptors (Lipinski definition) is 5. The number of hydrogen-bond donors (Lipinski definition) is 1. The van der Waals surface area contributed by atoms with Crippen molar-refractivity contribution in [2.75, 3.05) is 4.72 Å². The van der Waals surface area contributed by atoms with Gasteiger partial charge in [-0.25, -0.2) is 13.4 Å². The number of fused-ring (bicyclic) bond motifs is 1. The Labute approximate surface area is 137 Å². The van der Waals surface area contributed by atoms with Gasteiger partial charge in [0.2, 0.25) is 5.91 Å². The van der Waals surface area contributed by atoms with Gasteiger partial charge in [-0.1, -0.05) is 10.5 Å². The van der Waals surface area contributed by atoms with E-state index in [0.717, 1.165) is 18.1 Å². The molecule has 0 fully saturated rings. The minimum Gasteiger partial charge on any atom is -0.273 e. The number of thiazole rings is 1. The number of sulfonamides is 1. The highest BCUT2D eigenvalue weighted by molar-refractivity contribution is 7.93. The van der Waals surface area contributed by atoms with E-state index in [1.165, 1.54) is 29.7 Å². The van der Waals surface area contributed by atoms with Crippen molar-refractivity contribution in [2.24, 2.45) is 0 Å². The van der Waals surface area contributed by atoms with Crippen molar-refractivity contribution in [1.29, 1.82) is 0 Å². The fraction of sp³-hybridized carbons (Fsp3) is 0.286. The standard InChI is InChI=1S/C14H14FN3O3S2/c1-9(19)18(15)12-6-10-2-3-13(8-11(10)7-12)23(20,21)17-14-16-4-5-22-14/h2-5,8,12H,6-7H2,1H3,(H,16,17). The van der Waals surface area contributed by atoms with Crippen molar-refractivity contribution in [3.63, 3.8) is 0 Å². The lowest BCUT2D eigenvalue weighted by atomic mass is 10.1. The van der Waals surface area contributed by atoms with Crippen molar-refractivity contribution >= 4 is 32.4 Å². The van der Waals surface area contributed by atoms with Gasteiger partial charge in [-0.05, 0) is 36.1 Å². The number of amides is 1. The van der Waals surface area contributed by atoms with Crippen LogP contribution in [0.5, 0.6) is 0 Å². The zero-order chi connectivity index (χ0) is 16.6. The molecule has 0 saturated heterocycles. The predicted molar refractivity (Wildman–Crippen MR) is 84.2 cm³/mol. The van der Waals surface area contributed by atoms with Crippen molar-refractivity contribution in [3.8, 4) is 0 Å². The summed E-state index contributed by atoms with van der Waals surface area (Å²) in [6, 6.07) is 4.10. The second kappa shape index (κ2) is 5.89. The van der Waals surface area contributed by atoms with Crippen LogP contribution in [0.3, 0.4) is 0 Å². The SMILES string of the molecule is CC(=O)N(F)C1Cc2ccc(S(=O)(=O)Nc3nccs3)cc2C1. The number of nitrogens with zero attached hydrogens (tertiary/aromatic N) is 2. The first-order valence-electron chi connectivity index (χ1n) is 6.86. The van der Waals surface area contributed by atoms with Crippen molar-refractivity contribution in [2.45, 2.75) is 30.7 Å². The Balaban J connectivity index is 1.83. The second-order valence-electron chi connectivity index (χ2n) is 5.27. The van der Waals surface area contributed by atoms with E-state index in [1.807, 2.05) is 0 Å². The number of carbonyl (C=O) groups excluding carboxylic acids is 1. The molecule has 1 aliphatic carbocycles. The molecule has 1 N–H and O–H groups in total. The highest BCUT2D eigenvalue weighted by Gasteiger charge is 2.30. The first-order valence-corrected chi connectivity index (χ1v) is 9.23. The van der Waals surface area contributed by atoms with Crippen molar-refractivity contribution in [3.05, 3.63) is 40.9 Å². The number of nitrogens with one attached hydrogen (secondary N) is 1. The largest absolute Gasteiger partial charge is 0.273 e. The highest BCUT2D eigenvalue weighted by Crippen LogP contribution is 2.29. The summed E-state index contributed by atoms with van der Waals surface area (Å²) in [5.41, 5.74) is 1.59. The molecule has 1 amide bonds. The van der Waals surface area contributed by atoms with E-state index in [-0.39, 0.29) is 15.1 Å². The molecule has 2 aromatic rings. The maximum atomic E-state index is 13.7. The van der Waals surface area contributed by atoms with E-state index < -0.39 is 22.0 Å². The van der Waals surface area contributed by atoms with Gasteiger partial charge >= 0.3 is 0 Å². The molecule has 1 atom stereocenters. The average molecular weight is 355 g/mol. The fourth-order valence-electron chi connectivity index (χ4n) is 2.60. The summed E-state index contributed by atoms with van der Waals surface area (Å²) in [6.07, 6.45) is 2.19. The fourth-order valence-corrected chi connectivity index (χ4v) is 4.44. The lowest BCUT2D eigenvalue weighted by Gasteiger charge is -2.16. The van der Waals surface area contributed by atoms with Crippen LogP contribution in [0.2, 0.25) is 0 Å². The zero-order valence-corrected chi connectivity index (χ0v) is 13.8. The molecular weight excluding hydrogens is 341 g/mol. The monoisotopic (exact) mass is 355 g/mol. The number of carbonyl (C=O) groups is 1. The summed E-state index contributed by atoms with van der Waals surface area (Å²) in [7, 11) is -3.74. The topological polar surface area (TPSA) is 79.4 Å². The van der Waals surface area contributed by atoms with Crippen LogP contribution in [0.4, 0.5) is 9.61 Å². The molecule has 23 heavy (non-hydrogen) atoms. The number of halogens is 1. The van der Waals surface area contributed by atoms with Crippen LogP contribution in [0.1, 0.15) is 18.1 Å². The summed E-state index contributed by atoms with van der Waals surface area (Å²) >= 11 is 1.18. The third-order valence-corrected chi connectivity index (χ3v) is 5.83. The van der Waals surface area contributed by atoms with Crippen LogP contribution < -0.4 is 4.72 Å². The molecule has 1 heterocycles. The van der Waals surface area contributed by atoms with Crippen LogP contribution in [0.25, 0.3) is 0 Å². The van der Waals surface area contributed by atoms with Gasteiger partial charge in [-0.2, -0.15) is 5.12 Å². The summed E-state index contributed by atoms with van der Waals surface area (Å²) in [5, 5.41) is 2.17. The lowest BCUT2D eigenvalue weighted by Crippen LogP contribution is -2.32. The Bertz CT molecular complexity index is 837. The summed E-state index contributed by atoms with van der Waals surface area (Å²) in [6.45, 7) is 1.16.